The van der Waals surface area contributed by atoms with Gasteiger partial charge in [-0.25, -0.2) is 4.39 Å². The molecule has 1 atom stereocenters. The third-order valence-corrected chi connectivity index (χ3v) is 4.71. The van der Waals surface area contributed by atoms with Crippen LogP contribution >= 0.6 is 11.8 Å². The van der Waals surface area contributed by atoms with Gasteiger partial charge in [-0.1, -0.05) is 0 Å². The molecule has 1 aliphatic rings. The normalized spacial score (nSPS) is 15.7. The third-order valence-electron chi connectivity index (χ3n) is 3.39. The predicted molar refractivity (Wildman–Crippen MR) is 82.7 cm³/mol. The number of rotatable bonds is 4. The zero-order chi connectivity index (χ0) is 17.3. The first-order chi connectivity index (χ1) is 11.5. The van der Waals surface area contributed by atoms with Crippen LogP contribution in [-0.2, 0) is 16.0 Å². The molecule has 0 aliphatic carbocycles. The van der Waals surface area contributed by atoms with Crippen LogP contribution in [0.2, 0.25) is 0 Å². The van der Waals surface area contributed by atoms with E-state index < -0.39 is 16.0 Å². The molecule has 24 heavy (non-hydrogen) atoms. The second-order valence-corrected chi connectivity index (χ2v) is 6.11. The molecule has 1 aliphatic heterocycles. The van der Waals surface area contributed by atoms with Gasteiger partial charge in [-0.3, -0.25) is 19.9 Å². The van der Waals surface area contributed by atoms with Gasteiger partial charge in [0.2, 0.25) is 0 Å². The predicted octanol–water partition coefficient (Wildman–Crippen LogP) is 3.11. The number of aromatic nitrogens is 1. The maximum atomic E-state index is 14.0. The molecule has 124 valence electrons. The van der Waals surface area contributed by atoms with Gasteiger partial charge in [0.1, 0.15) is 11.0 Å². The molecular weight excluding hydrogens is 339 g/mol. The average molecular weight is 350 g/mol. The number of halogens is 1. The zero-order valence-electron chi connectivity index (χ0n) is 12.4. The lowest BCUT2D eigenvalue weighted by Gasteiger charge is -2.10. The number of non-ortho nitro benzene ring substituents is 1. The van der Waals surface area contributed by atoms with Crippen molar-refractivity contribution in [3.63, 3.8) is 0 Å². The van der Waals surface area contributed by atoms with E-state index in [1.807, 2.05) is 0 Å². The molecule has 0 saturated heterocycles. The Balaban J connectivity index is 1.87. The highest BCUT2D eigenvalue weighted by Gasteiger charge is 2.32. The maximum Gasteiger partial charge on any atom is 0.319 e. The summed E-state index contributed by atoms with van der Waals surface area (Å²) in [6, 6.07) is 4.69. The summed E-state index contributed by atoms with van der Waals surface area (Å²) in [4.78, 5) is 26.5. The molecule has 0 amide bonds. The molecule has 2 heterocycles. The van der Waals surface area contributed by atoms with E-state index in [0.717, 1.165) is 12.1 Å². The summed E-state index contributed by atoms with van der Waals surface area (Å²) in [6.45, 7) is 0. The van der Waals surface area contributed by atoms with Crippen LogP contribution in [0.3, 0.4) is 0 Å². The summed E-state index contributed by atoms with van der Waals surface area (Å²) in [5.41, 5.74) is 0.301. The van der Waals surface area contributed by atoms with Gasteiger partial charge in [0.25, 0.3) is 5.69 Å². The van der Waals surface area contributed by atoms with Gasteiger partial charge >= 0.3 is 5.97 Å². The molecule has 0 radical (unpaired) electrons. The average Bonchev–Trinajstić information content (AvgIpc) is 3.01. The number of benzene rings is 1. The highest BCUT2D eigenvalue weighted by Crippen LogP contribution is 2.44. The summed E-state index contributed by atoms with van der Waals surface area (Å²) in [5, 5.41) is 10.2. The van der Waals surface area contributed by atoms with E-state index in [0.29, 0.717) is 22.8 Å². The first-order valence-electron chi connectivity index (χ1n) is 6.83. The first-order valence-corrected chi connectivity index (χ1v) is 7.71. The van der Waals surface area contributed by atoms with Crippen LogP contribution in [0.15, 0.2) is 35.4 Å². The first kappa shape index (κ1) is 16.2. The lowest BCUT2D eigenvalue weighted by molar-refractivity contribution is -0.385. The van der Waals surface area contributed by atoms with Crippen LogP contribution in [0.4, 0.5) is 10.1 Å². The van der Waals surface area contributed by atoms with Crippen LogP contribution in [0.1, 0.15) is 5.69 Å². The Morgan fingerprint density at radius 2 is 2.21 bits per heavy atom. The van der Waals surface area contributed by atoms with E-state index in [-0.39, 0.29) is 17.4 Å². The molecule has 2 aromatic rings. The monoisotopic (exact) mass is 350 g/mol. The summed E-state index contributed by atoms with van der Waals surface area (Å²) in [6.07, 6.45) is 1.89. The van der Waals surface area contributed by atoms with Crippen LogP contribution in [0.25, 0.3) is 0 Å². The van der Waals surface area contributed by atoms with Crippen LogP contribution in [-0.4, -0.2) is 28.2 Å². The summed E-state index contributed by atoms with van der Waals surface area (Å²) in [5.74, 6) is -1.02. The minimum absolute atomic E-state index is 0.142. The zero-order valence-corrected chi connectivity index (χ0v) is 13.2. The number of hydrogen-bond donors (Lipinski definition) is 0. The molecule has 1 unspecified atom stereocenters. The third kappa shape index (κ3) is 3.02. The summed E-state index contributed by atoms with van der Waals surface area (Å²) < 4.78 is 24.2. The lowest BCUT2D eigenvalue weighted by atomic mass is 10.2. The standard InChI is InChI=1S/C15H11FN2O5S/c1-22-15(19)13-7-10-14(24-13)12(4-5-17-10)23-11-3-2-8(18(20)21)6-9(11)16/h2-6,13H,7H2,1H3. The molecule has 1 aromatic heterocycles. The van der Waals surface area contributed by atoms with E-state index in [4.69, 9.17) is 9.47 Å². The van der Waals surface area contributed by atoms with Crippen LogP contribution in [0, 0.1) is 15.9 Å². The fourth-order valence-corrected chi connectivity index (χ4v) is 3.47. The molecule has 3 rings (SSSR count). The topological polar surface area (TPSA) is 91.6 Å². The molecular formula is C15H11FN2O5S. The van der Waals surface area contributed by atoms with Crippen molar-refractivity contribution in [3.8, 4) is 11.5 Å². The van der Waals surface area contributed by atoms with Crippen molar-refractivity contribution < 1.29 is 23.6 Å². The Kier molecular flexibility index (Phi) is 4.34. The molecule has 0 N–H and O–H groups in total. The largest absolute Gasteiger partial charge is 0.468 e. The van der Waals surface area contributed by atoms with Crippen molar-refractivity contribution in [1.82, 2.24) is 4.98 Å². The SMILES string of the molecule is COC(=O)C1Cc2nccc(Oc3ccc([N+](=O)[O-])cc3F)c2S1. The fraction of sp³-hybridized carbons (Fsp3) is 0.200. The number of methoxy groups -OCH3 is 1. The molecule has 0 bridgehead atoms. The minimum atomic E-state index is -0.845. The van der Waals surface area contributed by atoms with Crippen molar-refractivity contribution in [3.05, 3.63) is 52.1 Å². The number of nitro benzene ring substituents is 1. The second-order valence-electron chi connectivity index (χ2n) is 4.89. The van der Waals surface area contributed by atoms with E-state index in [2.05, 4.69) is 4.98 Å². The smallest absolute Gasteiger partial charge is 0.319 e. The Morgan fingerprint density at radius 3 is 2.88 bits per heavy atom. The number of hydrogen-bond acceptors (Lipinski definition) is 7. The van der Waals surface area contributed by atoms with E-state index in [1.165, 1.54) is 31.1 Å². The van der Waals surface area contributed by atoms with E-state index in [1.54, 1.807) is 6.07 Å². The molecule has 1 aromatic carbocycles. The molecule has 0 saturated carbocycles. The molecule has 0 fully saturated rings. The Labute approximate surface area is 139 Å². The number of carbonyl (C=O) groups excluding carboxylic acids is 1. The van der Waals surface area contributed by atoms with Gasteiger partial charge in [-0.15, -0.1) is 11.8 Å². The van der Waals surface area contributed by atoms with Crippen LogP contribution in [0.5, 0.6) is 11.5 Å². The van der Waals surface area contributed by atoms with E-state index >= 15 is 0 Å². The highest BCUT2D eigenvalue weighted by atomic mass is 32.2. The maximum absolute atomic E-state index is 14.0. The Hall–Kier alpha value is -2.68. The van der Waals surface area contributed by atoms with Gasteiger partial charge in [0.05, 0.1) is 28.7 Å². The van der Waals surface area contributed by atoms with E-state index in [9.17, 15) is 19.3 Å². The van der Waals surface area contributed by atoms with Gasteiger partial charge in [0.15, 0.2) is 11.6 Å². The van der Waals surface area contributed by atoms with Crippen molar-refractivity contribution in [1.29, 1.82) is 0 Å². The Bertz CT molecular complexity index is 830. The summed E-state index contributed by atoms with van der Waals surface area (Å²) >= 11 is 1.24. The highest BCUT2D eigenvalue weighted by molar-refractivity contribution is 8.01. The Morgan fingerprint density at radius 1 is 1.42 bits per heavy atom. The van der Waals surface area contributed by atoms with Gasteiger partial charge in [-0.2, -0.15) is 0 Å². The van der Waals surface area contributed by atoms with Gasteiger partial charge < -0.3 is 9.47 Å². The molecule has 0 spiro atoms. The van der Waals surface area contributed by atoms with Crippen molar-refractivity contribution >= 4 is 23.4 Å². The van der Waals surface area contributed by atoms with Crippen molar-refractivity contribution in [2.24, 2.45) is 0 Å². The fourth-order valence-electron chi connectivity index (χ4n) is 2.25. The molecule has 9 heteroatoms. The van der Waals surface area contributed by atoms with Gasteiger partial charge in [0, 0.05) is 24.8 Å². The number of pyridine rings is 1. The van der Waals surface area contributed by atoms with Crippen molar-refractivity contribution in [2.75, 3.05) is 7.11 Å². The quantitative estimate of drug-likeness (QED) is 0.475. The second kappa shape index (κ2) is 6.44. The number of fused-ring (bicyclic) bond motifs is 1. The minimum Gasteiger partial charge on any atom is -0.468 e. The number of nitro groups is 1. The van der Waals surface area contributed by atoms with Crippen LogP contribution < -0.4 is 4.74 Å². The number of esters is 1. The van der Waals surface area contributed by atoms with Crippen molar-refractivity contribution in [2.45, 2.75) is 16.6 Å². The van der Waals surface area contributed by atoms with Gasteiger partial charge in [-0.05, 0) is 6.07 Å². The number of thioether (sulfide) groups is 1. The number of carbonyl (C=O) groups is 1. The number of ether oxygens (including phenoxy) is 2. The number of nitrogens with zero attached hydrogens (tertiary/aromatic N) is 2. The lowest BCUT2D eigenvalue weighted by Crippen LogP contribution is -2.17. The molecule has 7 nitrogen and oxygen atoms in total. The summed E-state index contributed by atoms with van der Waals surface area (Å²) in [7, 11) is 1.31.